The van der Waals surface area contributed by atoms with E-state index < -0.39 is 0 Å². The average Bonchev–Trinajstić information content (AvgIpc) is 2.49. The fourth-order valence-electron chi connectivity index (χ4n) is 2.28. The van der Waals surface area contributed by atoms with Crippen molar-refractivity contribution in [3.05, 3.63) is 65.3 Å². The Kier molecular flexibility index (Phi) is 3.93. The lowest BCUT2D eigenvalue weighted by atomic mass is 10.1. The lowest BCUT2D eigenvalue weighted by molar-refractivity contribution is 0.475. The number of benzene rings is 2. The average molecular weight is 299 g/mol. The van der Waals surface area contributed by atoms with Gasteiger partial charge >= 0.3 is 0 Å². The Bertz CT molecular complexity index is 756. The first-order chi connectivity index (χ1) is 10.2. The molecule has 0 bridgehead atoms. The van der Waals surface area contributed by atoms with Gasteiger partial charge in [-0.3, -0.25) is 4.98 Å². The van der Waals surface area contributed by atoms with E-state index in [4.69, 9.17) is 11.6 Å². The summed E-state index contributed by atoms with van der Waals surface area (Å²) in [6.07, 6.45) is 2.67. The van der Waals surface area contributed by atoms with E-state index in [2.05, 4.69) is 10.3 Å². The number of aromatic hydroxyl groups is 1. The lowest BCUT2D eigenvalue weighted by Crippen LogP contribution is -2.05. The molecule has 2 aromatic carbocycles. The van der Waals surface area contributed by atoms with Gasteiger partial charge in [0.15, 0.2) is 0 Å². The Balaban J connectivity index is 1.72. The number of nitrogens with zero attached hydrogens (tertiary/aromatic N) is 1. The highest BCUT2D eigenvalue weighted by molar-refractivity contribution is 6.31. The van der Waals surface area contributed by atoms with Crippen molar-refractivity contribution in [3.63, 3.8) is 0 Å². The Hall–Kier alpha value is -2.26. The minimum Gasteiger partial charge on any atom is -0.508 e. The quantitative estimate of drug-likeness (QED) is 0.757. The highest BCUT2D eigenvalue weighted by atomic mass is 35.5. The summed E-state index contributed by atoms with van der Waals surface area (Å²) in [6, 6.07) is 15.0. The third kappa shape index (κ3) is 3.26. The van der Waals surface area contributed by atoms with Gasteiger partial charge in [0, 0.05) is 28.8 Å². The zero-order valence-corrected chi connectivity index (χ0v) is 12.1. The highest BCUT2D eigenvalue weighted by Crippen LogP contribution is 2.24. The van der Waals surface area contributed by atoms with Gasteiger partial charge in [0.2, 0.25) is 0 Å². The maximum Gasteiger partial charge on any atom is 0.115 e. The third-order valence-electron chi connectivity index (χ3n) is 3.37. The van der Waals surface area contributed by atoms with E-state index in [1.54, 1.807) is 18.3 Å². The van der Waals surface area contributed by atoms with Gasteiger partial charge in [0.1, 0.15) is 5.75 Å². The topological polar surface area (TPSA) is 45.1 Å². The van der Waals surface area contributed by atoms with Crippen molar-refractivity contribution in [1.82, 2.24) is 4.98 Å². The minimum absolute atomic E-state index is 0.295. The molecule has 0 saturated carbocycles. The van der Waals surface area contributed by atoms with Crippen molar-refractivity contribution in [1.29, 1.82) is 0 Å². The molecule has 3 nitrogen and oxygen atoms in total. The second-order valence-corrected chi connectivity index (χ2v) is 5.30. The lowest BCUT2D eigenvalue weighted by Gasteiger charge is -2.09. The summed E-state index contributed by atoms with van der Waals surface area (Å²) in [6.45, 7) is 0.812. The Morgan fingerprint density at radius 2 is 1.86 bits per heavy atom. The molecule has 3 aromatic rings. The van der Waals surface area contributed by atoms with E-state index in [1.807, 2.05) is 36.4 Å². The van der Waals surface area contributed by atoms with Crippen LogP contribution in [-0.4, -0.2) is 16.6 Å². The zero-order chi connectivity index (χ0) is 14.7. The van der Waals surface area contributed by atoms with E-state index in [0.717, 1.165) is 29.6 Å². The van der Waals surface area contributed by atoms with Crippen LogP contribution in [0.4, 0.5) is 5.69 Å². The monoisotopic (exact) mass is 298 g/mol. The number of halogens is 1. The number of pyridine rings is 1. The first-order valence-electron chi connectivity index (χ1n) is 6.78. The summed E-state index contributed by atoms with van der Waals surface area (Å²) in [5, 5.41) is 14.4. The molecule has 4 heteroatoms. The highest BCUT2D eigenvalue weighted by Gasteiger charge is 2.02. The number of aromatic nitrogens is 1. The van der Waals surface area contributed by atoms with Crippen molar-refractivity contribution in [2.24, 2.45) is 0 Å². The van der Waals surface area contributed by atoms with Gasteiger partial charge in [-0.2, -0.15) is 0 Å². The van der Waals surface area contributed by atoms with Gasteiger partial charge in [-0.05, 0) is 48.4 Å². The van der Waals surface area contributed by atoms with Crippen LogP contribution in [0, 0.1) is 0 Å². The molecule has 2 N–H and O–H groups in total. The van der Waals surface area contributed by atoms with Crippen LogP contribution in [0.25, 0.3) is 10.9 Å². The van der Waals surface area contributed by atoms with Crippen molar-refractivity contribution >= 4 is 28.2 Å². The molecular weight excluding hydrogens is 284 g/mol. The summed E-state index contributed by atoms with van der Waals surface area (Å²) in [5.74, 6) is 0.295. The number of phenolic OH excluding ortho intramolecular Hbond substituents is 1. The molecule has 0 fully saturated rings. The molecule has 0 unspecified atom stereocenters. The number of nitrogens with one attached hydrogen (secondary N) is 1. The number of hydrogen-bond donors (Lipinski definition) is 2. The van der Waals surface area contributed by atoms with Crippen molar-refractivity contribution in [2.75, 3.05) is 11.9 Å². The second-order valence-electron chi connectivity index (χ2n) is 4.86. The molecule has 0 aliphatic heterocycles. The molecule has 3 rings (SSSR count). The Labute approximate surface area is 128 Å². The van der Waals surface area contributed by atoms with Crippen LogP contribution in [-0.2, 0) is 6.42 Å². The first kappa shape index (κ1) is 13.7. The number of rotatable bonds is 4. The predicted molar refractivity (Wildman–Crippen MR) is 87.1 cm³/mol. The molecule has 1 aromatic heterocycles. The van der Waals surface area contributed by atoms with Crippen LogP contribution in [0.15, 0.2) is 54.7 Å². The van der Waals surface area contributed by atoms with E-state index >= 15 is 0 Å². The number of hydrogen-bond acceptors (Lipinski definition) is 3. The van der Waals surface area contributed by atoms with Crippen LogP contribution in [0.5, 0.6) is 5.75 Å². The Morgan fingerprint density at radius 3 is 2.67 bits per heavy atom. The number of phenols is 1. The van der Waals surface area contributed by atoms with E-state index in [0.29, 0.717) is 10.8 Å². The predicted octanol–water partition coefficient (Wildman–Crippen LogP) is 4.25. The molecule has 106 valence electrons. The second kappa shape index (κ2) is 6.02. The first-order valence-corrected chi connectivity index (χ1v) is 7.16. The summed E-state index contributed by atoms with van der Waals surface area (Å²) in [7, 11) is 0. The van der Waals surface area contributed by atoms with Crippen LogP contribution in [0.1, 0.15) is 5.56 Å². The largest absolute Gasteiger partial charge is 0.508 e. The fourth-order valence-corrected chi connectivity index (χ4v) is 2.45. The molecule has 0 spiro atoms. The van der Waals surface area contributed by atoms with Gasteiger partial charge in [0.25, 0.3) is 0 Å². The maximum absolute atomic E-state index is 9.27. The summed E-state index contributed by atoms with van der Waals surface area (Å²) < 4.78 is 0. The van der Waals surface area contributed by atoms with E-state index in [-0.39, 0.29) is 0 Å². The third-order valence-corrected chi connectivity index (χ3v) is 3.61. The molecular formula is C17H15ClN2O. The van der Waals surface area contributed by atoms with E-state index in [9.17, 15) is 5.11 Å². The summed E-state index contributed by atoms with van der Waals surface area (Å²) >= 11 is 5.99. The molecule has 0 aliphatic rings. The number of fused-ring (bicyclic) bond motifs is 1. The van der Waals surface area contributed by atoms with Crippen LogP contribution >= 0.6 is 11.6 Å². The van der Waals surface area contributed by atoms with Gasteiger partial charge in [-0.15, -0.1) is 0 Å². The van der Waals surface area contributed by atoms with Crippen LogP contribution in [0.2, 0.25) is 5.02 Å². The summed E-state index contributed by atoms with van der Waals surface area (Å²) in [5.41, 5.74) is 3.12. The number of anilines is 1. The molecule has 0 radical (unpaired) electrons. The van der Waals surface area contributed by atoms with Crippen molar-refractivity contribution in [3.8, 4) is 5.75 Å². The maximum atomic E-state index is 9.27. The van der Waals surface area contributed by atoms with E-state index in [1.165, 1.54) is 5.56 Å². The van der Waals surface area contributed by atoms with Crippen molar-refractivity contribution in [2.45, 2.75) is 6.42 Å². The minimum atomic E-state index is 0.295. The molecule has 0 amide bonds. The van der Waals surface area contributed by atoms with Crippen LogP contribution < -0.4 is 5.32 Å². The summed E-state index contributed by atoms with van der Waals surface area (Å²) in [4.78, 5) is 4.33. The van der Waals surface area contributed by atoms with Gasteiger partial charge < -0.3 is 10.4 Å². The molecule has 1 heterocycles. The van der Waals surface area contributed by atoms with Gasteiger partial charge in [0.05, 0.1) is 5.52 Å². The van der Waals surface area contributed by atoms with Crippen LogP contribution in [0.3, 0.4) is 0 Å². The molecule has 0 saturated heterocycles. The van der Waals surface area contributed by atoms with Gasteiger partial charge in [-0.25, -0.2) is 0 Å². The SMILES string of the molecule is Oc1ccc(CCNc2ccnc3cc(Cl)ccc23)cc1. The molecule has 0 atom stereocenters. The Morgan fingerprint density at radius 1 is 1.05 bits per heavy atom. The smallest absolute Gasteiger partial charge is 0.115 e. The molecule has 0 aliphatic carbocycles. The fraction of sp³-hybridized carbons (Fsp3) is 0.118. The molecule has 21 heavy (non-hydrogen) atoms. The van der Waals surface area contributed by atoms with Gasteiger partial charge in [-0.1, -0.05) is 23.7 Å². The normalized spacial score (nSPS) is 10.7. The van der Waals surface area contributed by atoms with Crippen molar-refractivity contribution < 1.29 is 5.11 Å². The zero-order valence-electron chi connectivity index (χ0n) is 11.4. The standard InChI is InChI=1S/C17H15ClN2O/c18-13-3-6-15-16(8-10-20-17(15)11-13)19-9-7-12-1-4-14(21)5-2-12/h1-6,8,10-11,21H,7,9H2,(H,19,20).